The number of rotatable bonds is 12. The highest BCUT2D eigenvalue weighted by Gasteiger charge is 2.52. The minimum atomic E-state index is -1.80. The maximum atomic E-state index is 14.0. The summed E-state index contributed by atoms with van der Waals surface area (Å²) in [5, 5.41) is 37.2. The Kier molecular flexibility index (Phi) is 10.4. The second kappa shape index (κ2) is 14.8. The number of piperidine rings is 1. The lowest BCUT2D eigenvalue weighted by molar-refractivity contribution is -0.139. The molecule has 2 aliphatic heterocycles. The average Bonchev–Trinajstić information content (AvgIpc) is 3.66. The second-order valence-electron chi connectivity index (χ2n) is 12.6. The molecule has 2 aliphatic rings. The molecule has 0 bridgehead atoms. The normalized spacial score (nSPS) is 20.5. The van der Waals surface area contributed by atoms with Crippen molar-refractivity contribution in [2.45, 2.75) is 50.8 Å². The van der Waals surface area contributed by atoms with E-state index in [1.165, 1.54) is 0 Å². The van der Waals surface area contributed by atoms with Crippen LogP contribution in [0.2, 0.25) is 5.02 Å². The van der Waals surface area contributed by atoms with E-state index in [9.17, 15) is 19.8 Å². The van der Waals surface area contributed by atoms with Crippen molar-refractivity contribution in [3.63, 3.8) is 0 Å². The lowest BCUT2D eigenvalue weighted by Gasteiger charge is -2.27. The summed E-state index contributed by atoms with van der Waals surface area (Å²) in [6, 6.07) is 22.3. The van der Waals surface area contributed by atoms with Crippen LogP contribution >= 0.6 is 11.6 Å². The molecule has 10 nitrogen and oxygen atoms in total. The van der Waals surface area contributed by atoms with E-state index in [2.05, 4.69) is 20.9 Å². The monoisotopic (exact) mass is 668 g/mol. The predicted octanol–water partition coefficient (Wildman–Crippen LogP) is 5.01. The Balaban J connectivity index is 1.11. The molecule has 0 spiro atoms. The molecule has 4 atom stereocenters. The van der Waals surface area contributed by atoms with Crippen LogP contribution in [-0.4, -0.2) is 56.7 Å². The summed E-state index contributed by atoms with van der Waals surface area (Å²) in [6.45, 7) is 4.17. The van der Waals surface area contributed by atoms with E-state index in [0.29, 0.717) is 47.2 Å². The lowest BCUT2D eigenvalue weighted by atomic mass is 9.83. The Morgan fingerprint density at radius 2 is 1.96 bits per heavy atom. The lowest BCUT2D eigenvalue weighted by Crippen LogP contribution is -2.44. The number of aliphatic hydroxyl groups is 2. The van der Waals surface area contributed by atoms with Crippen molar-refractivity contribution in [2.24, 2.45) is 11.8 Å². The number of hydrogen-bond acceptors (Lipinski definition) is 7. The van der Waals surface area contributed by atoms with Gasteiger partial charge in [-0.15, -0.1) is 5.10 Å². The number of nitrogens with zero attached hydrogens (tertiary/aromatic N) is 4. The topological polar surface area (TPSA) is 133 Å². The molecule has 0 saturated carbocycles. The summed E-state index contributed by atoms with van der Waals surface area (Å²) < 4.78 is 1.73. The van der Waals surface area contributed by atoms with Crippen molar-refractivity contribution in [2.75, 3.05) is 29.9 Å². The van der Waals surface area contributed by atoms with Crippen LogP contribution in [0.15, 0.2) is 91.1 Å². The number of hydrogen-bond donors (Lipinski definition) is 4. The fourth-order valence-corrected chi connectivity index (χ4v) is 6.73. The molecule has 48 heavy (non-hydrogen) atoms. The average molecular weight is 669 g/mol. The number of amides is 2. The zero-order chi connectivity index (χ0) is 33.7. The molecule has 2 amide bonds. The number of anilines is 2. The number of benzene rings is 3. The quantitative estimate of drug-likeness (QED) is 0.156. The van der Waals surface area contributed by atoms with E-state index in [0.717, 1.165) is 30.5 Å². The zero-order valence-corrected chi connectivity index (χ0v) is 27.7. The molecule has 0 radical (unpaired) electrons. The molecule has 250 valence electrons. The van der Waals surface area contributed by atoms with Crippen LogP contribution in [0.3, 0.4) is 0 Å². The van der Waals surface area contributed by atoms with Gasteiger partial charge in [0.15, 0.2) is 5.60 Å². The number of allylic oxidation sites excluding steroid dienone is 1. The van der Waals surface area contributed by atoms with Gasteiger partial charge in [0.05, 0.1) is 36.4 Å². The number of carbonyl (C=O) groups excluding carboxylic acids is 2. The van der Waals surface area contributed by atoms with Gasteiger partial charge in [-0.05, 0) is 67.3 Å². The van der Waals surface area contributed by atoms with Gasteiger partial charge in [0.1, 0.15) is 0 Å². The number of halogens is 1. The van der Waals surface area contributed by atoms with Crippen LogP contribution in [0.5, 0.6) is 0 Å². The number of carbonyl (C=O) groups is 2. The van der Waals surface area contributed by atoms with Crippen LogP contribution in [0.4, 0.5) is 11.4 Å². The maximum absolute atomic E-state index is 14.0. The van der Waals surface area contributed by atoms with E-state index >= 15 is 0 Å². The molecule has 4 N–H and O–H groups in total. The minimum absolute atomic E-state index is 0.00650. The number of nitrogens with one attached hydrogen (secondary N) is 2. The first-order valence-corrected chi connectivity index (χ1v) is 16.8. The van der Waals surface area contributed by atoms with E-state index in [1.807, 2.05) is 79.9 Å². The molecule has 1 fully saturated rings. The predicted molar refractivity (Wildman–Crippen MR) is 186 cm³/mol. The van der Waals surface area contributed by atoms with Crippen molar-refractivity contribution < 1.29 is 19.8 Å². The Labute approximate surface area is 285 Å². The van der Waals surface area contributed by atoms with Crippen molar-refractivity contribution in [3.8, 4) is 0 Å². The van der Waals surface area contributed by atoms with Crippen LogP contribution in [0, 0.1) is 11.8 Å². The maximum Gasteiger partial charge on any atom is 0.264 e. The number of fused-ring (bicyclic) bond motifs is 1. The number of aromatic nitrogens is 3. The van der Waals surface area contributed by atoms with Gasteiger partial charge in [-0.3, -0.25) is 14.3 Å². The van der Waals surface area contributed by atoms with Crippen LogP contribution in [0.25, 0.3) is 0 Å². The smallest absolute Gasteiger partial charge is 0.264 e. The van der Waals surface area contributed by atoms with Crippen LogP contribution in [-0.2, 0) is 28.3 Å². The molecule has 11 heteroatoms. The van der Waals surface area contributed by atoms with Crippen molar-refractivity contribution in [3.05, 3.63) is 119 Å². The third kappa shape index (κ3) is 7.07. The third-order valence-electron chi connectivity index (χ3n) is 9.37. The highest BCUT2D eigenvalue weighted by atomic mass is 35.5. The first-order valence-electron chi connectivity index (χ1n) is 16.4. The largest absolute Gasteiger partial charge is 0.395 e. The van der Waals surface area contributed by atoms with Gasteiger partial charge in [-0.2, -0.15) is 0 Å². The first kappa shape index (κ1) is 33.5. The van der Waals surface area contributed by atoms with E-state index < -0.39 is 17.4 Å². The Hall–Kier alpha value is -4.35. The third-order valence-corrected chi connectivity index (χ3v) is 9.60. The number of aryl methyl sites for hydroxylation is 1. The first-order chi connectivity index (χ1) is 23.3. The summed E-state index contributed by atoms with van der Waals surface area (Å²) in [6.07, 6.45) is 8.07. The molecule has 0 aliphatic carbocycles. The Morgan fingerprint density at radius 1 is 1.17 bits per heavy atom. The molecular formula is C37H41ClN6O4. The minimum Gasteiger partial charge on any atom is -0.395 e. The van der Waals surface area contributed by atoms with Crippen molar-refractivity contribution in [1.82, 2.24) is 20.3 Å². The molecule has 1 saturated heterocycles. The summed E-state index contributed by atoms with van der Waals surface area (Å²) in [4.78, 5) is 28.2. The van der Waals surface area contributed by atoms with E-state index in [-0.39, 0.29) is 30.9 Å². The fraction of sp³-hybridized carbons (Fsp3) is 0.351. The SMILES string of the molecule is C[C@@H](/C=C/CCn1cc(C(CO)c2ccccc2)nn1)[C@]1(O)C(=O)N(Cc2ccc(NC(=O)C3CCCNC3)cc2)c2ccc(Cl)cc21. The van der Waals surface area contributed by atoms with Crippen molar-refractivity contribution >= 4 is 34.8 Å². The van der Waals surface area contributed by atoms with Gasteiger partial charge in [0.25, 0.3) is 5.91 Å². The van der Waals surface area contributed by atoms with Crippen molar-refractivity contribution in [1.29, 1.82) is 0 Å². The van der Waals surface area contributed by atoms with Crippen LogP contribution < -0.4 is 15.5 Å². The summed E-state index contributed by atoms with van der Waals surface area (Å²) >= 11 is 6.37. The molecule has 1 aromatic heterocycles. The fourth-order valence-electron chi connectivity index (χ4n) is 6.56. The van der Waals surface area contributed by atoms with Gasteiger partial charge in [0, 0.05) is 41.5 Å². The Morgan fingerprint density at radius 3 is 2.69 bits per heavy atom. The summed E-state index contributed by atoms with van der Waals surface area (Å²) in [5.41, 5.74) is 2.51. The standard InChI is InChI=1S/C37H41ClN6O4/c1-25(8-5-6-19-43-23-33(41-42-43)31(24-45)27-9-3-2-4-10-27)37(48)32-20-29(38)14-17-34(32)44(36(37)47)22-26-12-15-30(16-13-26)40-35(46)28-11-7-18-39-21-28/h2-5,8-10,12-17,20,23,25,28,31,39,45,48H,6-7,11,18-19,21-22,24H2,1H3,(H,40,46)/b8-5+/t25-,28?,31?,37+/m0/s1. The van der Waals surface area contributed by atoms with Gasteiger partial charge in [-0.1, -0.05) is 78.4 Å². The van der Waals surface area contributed by atoms with E-state index in [4.69, 9.17) is 11.6 Å². The second-order valence-corrected chi connectivity index (χ2v) is 13.0. The summed E-state index contributed by atoms with van der Waals surface area (Å²) in [5.74, 6) is -1.27. The zero-order valence-electron chi connectivity index (χ0n) is 26.9. The van der Waals surface area contributed by atoms with Crippen LogP contribution in [0.1, 0.15) is 54.5 Å². The molecule has 3 aromatic carbocycles. The molecule has 2 unspecified atom stereocenters. The molecule has 6 rings (SSSR count). The number of aliphatic hydroxyl groups excluding tert-OH is 1. The summed E-state index contributed by atoms with van der Waals surface area (Å²) in [7, 11) is 0. The highest BCUT2D eigenvalue weighted by molar-refractivity contribution is 6.31. The Bertz CT molecular complexity index is 1760. The van der Waals surface area contributed by atoms with E-state index in [1.54, 1.807) is 27.8 Å². The van der Waals surface area contributed by atoms with Gasteiger partial charge in [-0.25, -0.2) is 0 Å². The molecule has 3 heterocycles. The van der Waals surface area contributed by atoms with Gasteiger partial charge < -0.3 is 25.7 Å². The highest BCUT2D eigenvalue weighted by Crippen LogP contribution is 2.46. The van der Waals surface area contributed by atoms with Gasteiger partial charge >= 0.3 is 0 Å². The van der Waals surface area contributed by atoms with Gasteiger partial charge in [0.2, 0.25) is 5.91 Å². The molecular weight excluding hydrogens is 628 g/mol. The molecule has 4 aromatic rings.